The van der Waals surface area contributed by atoms with Crippen molar-refractivity contribution >= 4 is 41.0 Å². The summed E-state index contributed by atoms with van der Waals surface area (Å²) < 4.78 is 113. The van der Waals surface area contributed by atoms with E-state index in [0.29, 0.717) is 0 Å². The van der Waals surface area contributed by atoms with E-state index in [9.17, 15) is 61.2 Å². The number of aliphatic hydroxyl groups is 4. The molecule has 4 heterocycles. The number of aliphatic hydroxyl groups excluding tert-OH is 4. The van der Waals surface area contributed by atoms with Crippen LogP contribution in [-0.2, 0) is 55.2 Å². The number of alkyl halides is 6. The summed E-state index contributed by atoms with van der Waals surface area (Å²) in [7, 11) is 0. The van der Waals surface area contributed by atoms with Gasteiger partial charge in [-0.25, -0.2) is 9.97 Å². The number of ketones is 1. The Morgan fingerprint density at radius 2 is 1.15 bits per heavy atom. The lowest BCUT2D eigenvalue weighted by Gasteiger charge is -2.38. The van der Waals surface area contributed by atoms with Crippen LogP contribution in [0.1, 0.15) is 24.5 Å². The van der Waals surface area contributed by atoms with Crippen molar-refractivity contribution in [2.24, 2.45) is 0 Å². The summed E-state index contributed by atoms with van der Waals surface area (Å²) in [5.74, 6) is -2.19. The number of rotatable bonds is 26. The highest BCUT2D eigenvalue weighted by atomic mass is 32.2. The van der Waals surface area contributed by atoms with E-state index < -0.39 is 101 Å². The Kier molecular flexibility index (Phi) is 21.8. The van der Waals surface area contributed by atoms with Gasteiger partial charge in [0.2, 0.25) is 11.8 Å². The molecule has 0 aliphatic carbocycles. The fourth-order valence-electron chi connectivity index (χ4n) is 6.31. The number of amides is 2. The number of hydrogen-bond acceptors (Lipinski definition) is 18. The van der Waals surface area contributed by atoms with E-state index in [1.165, 1.54) is 6.92 Å². The third kappa shape index (κ3) is 17.7. The number of nitrogens with zero attached hydrogens (tertiary/aromatic N) is 2. The second-order valence-corrected chi connectivity index (χ2v) is 15.9. The number of nitrogens with one attached hydrogen (secondary N) is 4. The Balaban J connectivity index is 1.03. The van der Waals surface area contributed by atoms with E-state index in [2.05, 4.69) is 31.2 Å². The van der Waals surface area contributed by atoms with Crippen molar-refractivity contribution in [2.75, 3.05) is 95.5 Å². The summed E-state index contributed by atoms with van der Waals surface area (Å²) in [6.07, 6.45) is -15.2. The zero-order valence-electron chi connectivity index (χ0n) is 35.1. The zero-order valence-corrected chi connectivity index (χ0v) is 35.9. The van der Waals surface area contributed by atoms with Crippen LogP contribution in [0.4, 0.5) is 38.0 Å². The lowest BCUT2D eigenvalue weighted by molar-refractivity contribution is -0.161. The smallest absolute Gasteiger partial charge is 0.388 e. The van der Waals surface area contributed by atoms with E-state index in [1.54, 1.807) is 0 Å². The van der Waals surface area contributed by atoms with Crippen LogP contribution in [0.2, 0.25) is 0 Å². The molecule has 2 aromatic heterocycles. The minimum absolute atomic E-state index is 0.00747. The third-order valence-electron chi connectivity index (χ3n) is 9.71. The van der Waals surface area contributed by atoms with Gasteiger partial charge in [0.25, 0.3) is 0 Å². The SMILES string of the molecule is CC(=O)CSC(CC(=O)NCCOCCOC[C@H]1OC[C@@H](Nc2ncccc2C(F)(F)F)[C@@H](O)[C@H]1O)C(=O)NCCOCCOC[C@H]1OC[C@@H](Nc2ncccc2C(F)(F)F)[C@@H](O)[C@H]1O. The molecule has 0 bridgehead atoms. The maximum atomic E-state index is 13.3. The summed E-state index contributed by atoms with van der Waals surface area (Å²) >= 11 is 0.999. The first-order valence-corrected chi connectivity index (χ1v) is 21.4. The molecule has 0 spiro atoms. The molecule has 366 valence electrons. The summed E-state index contributed by atoms with van der Waals surface area (Å²) in [5.41, 5.74) is -2.07. The van der Waals surface area contributed by atoms with Crippen LogP contribution in [0.3, 0.4) is 0 Å². The van der Waals surface area contributed by atoms with Crippen LogP contribution in [0, 0.1) is 0 Å². The van der Waals surface area contributed by atoms with Gasteiger partial charge in [0.05, 0.1) is 100 Å². The predicted molar refractivity (Wildman–Crippen MR) is 218 cm³/mol. The molecule has 2 amide bonds. The van der Waals surface area contributed by atoms with Crippen LogP contribution in [0.5, 0.6) is 0 Å². The Labute approximate surface area is 373 Å². The molecule has 2 aliphatic rings. The number of Topliss-reactive ketones (excluding diaryl/α,β-unsaturated/α-hetero) is 1. The minimum Gasteiger partial charge on any atom is -0.388 e. The monoisotopic (exact) mass is 960 g/mol. The molecular weight excluding hydrogens is 907 g/mol. The van der Waals surface area contributed by atoms with Crippen molar-refractivity contribution in [3.63, 3.8) is 0 Å². The van der Waals surface area contributed by atoms with Crippen LogP contribution >= 0.6 is 11.8 Å². The number of carbonyl (C=O) groups is 3. The molecular formula is C39H54F6N6O13S. The fraction of sp³-hybridized carbons (Fsp3) is 0.667. The zero-order chi connectivity index (χ0) is 47.6. The first-order chi connectivity index (χ1) is 30.9. The molecule has 8 N–H and O–H groups in total. The maximum absolute atomic E-state index is 13.3. The van der Waals surface area contributed by atoms with Gasteiger partial charge in [-0.1, -0.05) is 0 Å². The van der Waals surface area contributed by atoms with Crippen LogP contribution in [-0.4, -0.2) is 187 Å². The number of thioether (sulfide) groups is 1. The van der Waals surface area contributed by atoms with Crippen molar-refractivity contribution in [1.29, 1.82) is 0 Å². The van der Waals surface area contributed by atoms with E-state index in [1.807, 2.05) is 0 Å². The highest BCUT2D eigenvalue weighted by Crippen LogP contribution is 2.35. The van der Waals surface area contributed by atoms with Gasteiger partial charge < -0.3 is 70.1 Å². The highest BCUT2D eigenvalue weighted by Gasteiger charge is 2.42. The first kappa shape index (κ1) is 53.7. The van der Waals surface area contributed by atoms with Gasteiger partial charge in [0.1, 0.15) is 54.0 Å². The van der Waals surface area contributed by atoms with Crippen LogP contribution < -0.4 is 21.3 Å². The van der Waals surface area contributed by atoms with E-state index in [-0.39, 0.29) is 97.1 Å². The molecule has 2 aromatic rings. The second-order valence-electron chi connectivity index (χ2n) is 14.7. The number of carbonyl (C=O) groups excluding carboxylic acids is 3. The van der Waals surface area contributed by atoms with E-state index in [0.717, 1.165) is 48.4 Å². The van der Waals surface area contributed by atoms with Crippen molar-refractivity contribution < 1.29 is 89.6 Å². The lowest BCUT2D eigenvalue weighted by Crippen LogP contribution is -2.57. The Morgan fingerprint density at radius 3 is 1.60 bits per heavy atom. The fourth-order valence-corrected chi connectivity index (χ4v) is 7.25. The van der Waals surface area contributed by atoms with Crippen molar-refractivity contribution in [2.45, 2.75) is 79.7 Å². The molecule has 0 aromatic carbocycles. The van der Waals surface area contributed by atoms with Crippen LogP contribution in [0.15, 0.2) is 36.7 Å². The molecule has 0 saturated carbocycles. The summed E-state index contributed by atoms with van der Waals surface area (Å²) in [6.45, 7) is 1.06. The molecule has 2 aliphatic heterocycles. The predicted octanol–water partition coefficient (Wildman–Crippen LogP) is 0.396. The molecule has 9 atom stereocenters. The minimum atomic E-state index is -4.69. The van der Waals surface area contributed by atoms with Crippen molar-refractivity contribution in [3.05, 3.63) is 47.8 Å². The molecule has 26 heteroatoms. The van der Waals surface area contributed by atoms with E-state index >= 15 is 0 Å². The number of pyridine rings is 2. The van der Waals surface area contributed by atoms with Gasteiger partial charge >= 0.3 is 12.4 Å². The summed E-state index contributed by atoms with van der Waals surface area (Å²) in [5, 5.41) is 51.4. The Bertz CT molecular complexity index is 1790. The number of halogens is 6. The first-order valence-electron chi connectivity index (χ1n) is 20.4. The largest absolute Gasteiger partial charge is 0.419 e. The van der Waals surface area contributed by atoms with Gasteiger partial charge in [-0.3, -0.25) is 14.4 Å². The van der Waals surface area contributed by atoms with Gasteiger partial charge in [-0.15, -0.1) is 11.8 Å². The number of anilines is 2. The topological polar surface area (TPSA) is 261 Å². The van der Waals surface area contributed by atoms with Gasteiger partial charge in [-0.2, -0.15) is 26.3 Å². The average molecular weight is 961 g/mol. The van der Waals surface area contributed by atoms with Gasteiger partial charge in [0, 0.05) is 31.9 Å². The van der Waals surface area contributed by atoms with Gasteiger partial charge in [-0.05, 0) is 31.2 Å². The lowest BCUT2D eigenvalue weighted by atomic mass is 9.98. The Hall–Kier alpha value is -3.96. The summed E-state index contributed by atoms with van der Waals surface area (Å²) in [6, 6.07) is 1.77. The van der Waals surface area contributed by atoms with Crippen molar-refractivity contribution in [3.8, 4) is 0 Å². The highest BCUT2D eigenvalue weighted by molar-refractivity contribution is 8.01. The standard InChI is InChI=1S/C39H54F6N6O13S/c1-22(52)21-65-29(37(58)49-9-11-60-13-15-62-20-28-34(57)32(55)26(18-64-28)51-36-24(39(43,44)45)5-3-7-48-36)16-30(53)46-8-10-59-12-14-61-19-27-33(56)31(54)25(17-63-27)50-35-23(38(40,41)42)4-2-6-47-35/h2-7,25-29,31-34,54-57H,8-21H2,1H3,(H,46,53)(H,47,50)(H,48,51)(H,49,58)/t25-,26-,27-,28-,29?,31-,32-,33+,34+/m1/s1. The molecule has 2 saturated heterocycles. The second kappa shape index (κ2) is 26.4. The molecule has 1 unspecified atom stereocenters. The molecule has 0 radical (unpaired) electrons. The van der Waals surface area contributed by atoms with Crippen LogP contribution in [0.25, 0.3) is 0 Å². The van der Waals surface area contributed by atoms with Gasteiger partial charge in [0.15, 0.2) is 0 Å². The molecule has 2 fully saturated rings. The van der Waals surface area contributed by atoms with E-state index in [4.69, 9.17) is 28.4 Å². The normalized spacial score (nSPS) is 24.2. The third-order valence-corrected chi connectivity index (χ3v) is 11.1. The molecule has 4 rings (SSSR count). The molecule has 19 nitrogen and oxygen atoms in total. The number of aromatic nitrogens is 2. The Morgan fingerprint density at radius 1 is 0.708 bits per heavy atom. The maximum Gasteiger partial charge on any atom is 0.419 e. The number of hydrogen-bond donors (Lipinski definition) is 8. The molecule has 65 heavy (non-hydrogen) atoms. The van der Waals surface area contributed by atoms with Crippen molar-refractivity contribution in [1.82, 2.24) is 20.6 Å². The quantitative estimate of drug-likeness (QED) is 0.0469. The average Bonchev–Trinajstić information content (AvgIpc) is 3.25. The number of ether oxygens (including phenoxy) is 6. The summed E-state index contributed by atoms with van der Waals surface area (Å²) in [4.78, 5) is 44.5.